The summed E-state index contributed by atoms with van der Waals surface area (Å²) in [6, 6.07) is 27.7. The van der Waals surface area contributed by atoms with E-state index in [2.05, 4.69) is 39.6 Å². The van der Waals surface area contributed by atoms with Gasteiger partial charge in [0.05, 0.1) is 74.5 Å². The number of amides is 3. The predicted octanol–water partition coefficient (Wildman–Crippen LogP) is 15.6. The van der Waals surface area contributed by atoms with E-state index in [4.69, 9.17) is 4.74 Å². The van der Waals surface area contributed by atoms with Crippen LogP contribution < -0.4 is 16.0 Å². The summed E-state index contributed by atoms with van der Waals surface area (Å²) in [6.07, 6.45) is 7.93. The molecule has 19 heteroatoms. The summed E-state index contributed by atoms with van der Waals surface area (Å²) in [5, 5.41) is 40.0. The van der Waals surface area contributed by atoms with Gasteiger partial charge < -0.3 is 36.0 Å². The van der Waals surface area contributed by atoms with Crippen LogP contribution in [0, 0.1) is 41.1 Å². The van der Waals surface area contributed by atoms with Crippen LogP contribution in [-0.2, 0) is 56.3 Å². The van der Waals surface area contributed by atoms with E-state index < -0.39 is 53.6 Å². The van der Waals surface area contributed by atoms with Crippen molar-refractivity contribution in [3.8, 4) is 45.9 Å². The van der Waals surface area contributed by atoms with Crippen molar-refractivity contribution in [2.75, 3.05) is 6.61 Å². The summed E-state index contributed by atoms with van der Waals surface area (Å²) < 4.78 is 50.6. The third-order valence-electron chi connectivity index (χ3n) is 17.9. The van der Waals surface area contributed by atoms with Crippen molar-refractivity contribution in [3.63, 3.8) is 0 Å². The van der Waals surface area contributed by atoms with Crippen LogP contribution in [0.1, 0.15) is 206 Å². The summed E-state index contributed by atoms with van der Waals surface area (Å²) in [6.45, 7) is 6.18. The first-order chi connectivity index (χ1) is 46.3. The van der Waals surface area contributed by atoms with Gasteiger partial charge in [-0.15, -0.1) is 34.0 Å². The highest BCUT2D eigenvalue weighted by Gasteiger charge is 2.31. The summed E-state index contributed by atoms with van der Waals surface area (Å²) >= 11 is 4.31. The molecule has 9 aromatic rings. The SMILES string of the molecule is C[C@H](NC(=O)c1c(C#Cc2ccc(F)cc2-c2cc([C@H](C)NC(=O)c3c(CCc4ccc(F)cc4)sc4c3CCOC4)ccc2C(=O)O)sc2c1CCCCC2)c1ccc(C(=O)O)c(-c2cc(F)ccc2C#Cc2sc3c(c2C(=O)N[C@@H](C)c2ccc(C(=O)O)cc2)CCC3)c1. The van der Waals surface area contributed by atoms with Gasteiger partial charge in [-0.2, -0.15) is 0 Å². The predicted molar refractivity (Wildman–Crippen MR) is 364 cm³/mol. The van der Waals surface area contributed by atoms with E-state index in [0.29, 0.717) is 94.9 Å². The minimum Gasteiger partial charge on any atom is -0.478 e. The van der Waals surface area contributed by atoms with E-state index in [1.807, 2.05) is 0 Å². The van der Waals surface area contributed by atoms with Gasteiger partial charge in [-0.25, -0.2) is 27.6 Å². The third-order valence-corrected chi connectivity index (χ3v) is 21.6. The molecule has 0 saturated carbocycles. The van der Waals surface area contributed by atoms with E-state index in [1.54, 1.807) is 69.3 Å². The number of rotatable bonds is 17. The molecule has 6 aromatic carbocycles. The smallest absolute Gasteiger partial charge is 0.336 e. The topological polar surface area (TPSA) is 208 Å². The van der Waals surface area contributed by atoms with Gasteiger partial charge in [0.15, 0.2) is 0 Å². The molecule has 3 aliphatic rings. The molecule has 0 radical (unpaired) electrons. The highest BCUT2D eigenvalue weighted by Crippen LogP contribution is 2.40. The summed E-state index contributed by atoms with van der Waals surface area (Å²) in [5.74, 6) is 6.38. The van der Waals surface area contributed by atoms with Crippen molar-refractivity contribution in [1.82, 2.24) is 16.0 Å². The number of carbonyl (C=O) groups is 6. The number of aryl methyl sites for hydroxylation is 4. The van der Waals surface area contributed by atoms with E-state index in [9.17, 15) is 43.7 Å². The van der Waals surface area contributed by atoms with Crippen LogP contribution in [0.4, 0.5) is 13.2 Å². The van der Waals surface area contributed by atoms with Crippen LogP contribution in [0.5, 0.6) is 0 Å². The largest absolute Gasteiger partial charge is 0.478 e. The van der Waals surface area contributed by atoms with E-state index in [-0.39, 0.29) is 67.7 Å². The van der Waals surface area contributed by atoms with E-state index >= 15 is 13.6 Å². The Morgan fingerprint density at radius 3 is 1.46 bits per heavy atom. The minimum absolute atomic E-state index is 0.117. The fourth-order valence-corrected chi connectivity index (χ4v) is 16.6. The number of hydrogen-bond acceptors (Lipinski definition) is 10. The molecular formula is C77H64F3N3O10S3. The molecule has 0 fully saturated rings. The number of nitrogens with one attached hydrogen (secondary N) is 3. The molecule has 3 atom stereocenters. The van der Waals surface area contributed by atoms with Gasteiger partial charge in [-0.3, -0.25) is 14.4 Å². The second kappa shape index (κ2) is 28.6. The zero-order chi connectivity index (χ0) is 67.5. The number of ether oxygens (including phenoxy) is 1. The van der Waals surface area contributed by atoms with Crippen LogP contribution in [0.2, 0.25) is 0 Å². The van der Waals surface area contributed by atoms with Gasteiger partial charge in [0.2, 0.25) is 0 Å². The maximum atomic E-state index is 15.6. The summed E-state index contributed by atoms with van der Waals surface area (Å²) in [4.78, 5) is 85.9. The molecule has 13 nitrogen and oxygen atoms in total. The normalized spacial score (nSPS) is 14.0. The average molecular weight is 1340 g/mol. The van der Waals surface area contributed by atoms with Crippen molar-refractivity contribution in [2.45, 2.75) is 116 Å². The number of benzene rings is 6. The Labute approximate surface area is 564 Å². The van der Waals surface area contributed by atoms with Gasteiger partial charge >= 0.3 is 17.9 Å². The molecule has 3 amide bonds. The van der Waals surface area contributed by atoms with E-state index in [0.717, 1.165) is 73.9 Å². The maximum absolute atomic E-state index is 15.6. The Hall–Kier alpha value is -9.89. The van der Waals surface area contributed by atoms with Crippen LogP contribution in [0.25, 0.3) is 22.3 Å². The second-order valence-corrected chi connectivity index (χ2v) is 27.6. The van der Waals surface area contributed by atoms with Gasteiger partial charge in [0, 0.05) is 41.8 Å². The molecule has 3 aromatic heterocycles. The number of halogens is 3. The van der Waals surface area contributed by atoms with Crippen LogP contribution in [-0.4, -0.2) is 57.6 Å². The number of hydrogen-bond donors (Lipinski definition) is 6. The van der Waals surface area contributed by atoms with Crippen molar-refractivity contribution < 1.29 is 62.0 Å². The Morgan fingerprint density at radius 1 is 0.458 bits per heavy atom. The van der Waals surface area contributed by atoms with Crippen LogP contribution in [0.3, 0.4) is 0 Å². The molecule has 2 aliphatic carbocycles. The monoisotopic (exact) mass is 1340 g/mol. The van der Waals surface area contributed by atoms with Gasteiger partial charge in [0.25, 0.3) is 17.7 Å². The summed E-state index contributed by atoms with van der Waals surface area (Å²) in [7, 11) is 0. The molecule has 0 spiro atoms. The van der Waals surface area contributed by atoms with Gasteiger partial charge in [-0.05, 0) is 232 Å². The fourth-order valence-electron chi connectivity index (χ4n) is 12.8. The first-order valence-electron chi connectivity index (χ1n) is 31.7. The molecular weight excluding hydrogens is 1280 g/mol. The molecule has 12 rings (SSSR count). The molecule has 486 valence electrons. The number of fused-ring (bicyclic) bond motifs is 3. The molecule has 0 saturated heterocycles. The molecule has 96 heavy (non-hydrogen) atoms. The molecule has 1 aliphatic heterocycles. The maximum Gasteiger partial charge on any atom is 0.336 e. The third kappa shape index (κ3) is 14.2. The lowest BCUT2D eigenvalue weighted by molar-refractivity contribution is 0.0686. The van der Waals surface area contributed by atoms with Crippen LogP contribution in [0.15, 0.2) is 121 Å². The number of aromatic carboxylic acids is 3. The van der Waals surface area contributed by atoms with Crippen molar-refractivity contribution in [1.29, 1.82) is 0 Å². The quantitative estimate of drug-likeness (QED) is 0.0375. The number of carboxylic acid groups (broad SMARTS) is 3. The lowest BCUT2D eigenvalue weighted by atomic mass is 9.91. The molecule has 0 bridgehead atoms. The van der Waals surface area contributed by atoms with Crippen molar-refractivity contribution in [2.24, 2.45) is 0 Å². The fraction of sp³-hybridized carbons (Fsp3) is 0.247. The molecule has 6 N–H and O–H groups in total. The lowest BCUT2D eigenvalue weighted by Gasteiger charge is -2.19. The minimum atomic E-state index is -1.29. The molecule has 4 heterocycles. The van der Waals surface area contributed by atoms with Crippen molar-refractivity contribution in [3.05, 3.63) is 251 Å². The highest BCUT2D eigenvalue weighted by atomic mass is 32.1. The van der Waals surface area contributed by atoms with Gasteiger partial charge in [-0.1, -0.05) is 54.7 Å². The summed E-state index contributed by atoms with van der Waals surface area (Å²) in [5.41, 5.74) is 7.73. The van der Waals surface area contributed by atoms with Gasteiger partial charge in [0.1, 0.15) is 17.5 Å². The lowest BCUT2D eigenvalue weighted by Crippen LogP contribution is -2.28. The average Bonchev–Trinajstić information content (AvgIpc) is 1.35. The Balaban J connectivity index is 0.823. The number of carboxylic acids is 3. The zero-order valence-electron chi connectivity index (χ0n) is 52.5. The Bertz CT molecular complexity index is 4750. The standard InChI is InChI=1S/C77H64F3N3O10S3/c1-41(45-15-17-48(18-16-45)75(87)88)81-72(84)70-57-9-7-11-64(57)95-67(70)33-24-47-20-28-53(80)39-60(47)61-36-49(21-29-54(61)76(89)90)42(2)82-73(85)69-56-8-5-4-6-10-63(56)94-66(69)32-23-46-19-27-52(79)38-59(46)62-37-50(22-30-55(62)77(91)92)43(3)83-74(86)71-58-34-35-93-40-68(58)96-65(71)31-14-44-12-25-51(78)26-13-44/h12-13,15-22,25-30,36-39,41-43H,4-11,14,31,34-35,40H2,1-3H3,(H,81,84)(H,82,85)(H,83,86)(H,87,88)(H,89,90)(H,91,92)/t41-,42-,43-/m0/s1. The van der Waals surface area contributed by atoms with E-state index in [1.165, 1.54) is 107 Å². The Kier molecular flexibility index (Phi) is 19.7. The van der Waals surface area contributed by atoms with Crippen LogP contribution >= 0.6 is 34.0 Å². The first kappa shape index (κ1) is 66.1. The Morgan fingerprint density at radius 2 is 0.927 bits per heavy atom. The second-order valence-electron chi connectivity index (χ2n) is 24.2. The number of thiophene rings is 3. The molecule has 0 unspecified atom stereocenters. The number of carbonyl (C=O) groups excluding carboxylic acids is 3. The first-order valence-corrected chi connectivity index (χ1v) is 34.1. The zero-order valence-corrected chi connectivity index (χ0v) is 55.0. The van der Waals surface area contributed by atoms with Crippen molar-refractivity contribution >= 4 is 69.6 Å². The highest BCUT2D eigenvalue weighted by molar-refractivity contribution is 7.13.